The fourth-order valence-corrected chi connectivity index (χ4v) is 2.28. The van der Waals surface area contributed by atoms with Crippen LogP contribution in [0.2, 0.25) is 0 Å². The van der Waals surface area contributed by atoms with Crippen LogP contribution in [0.1, 0.15) is 32.7 Å². The van der Waals surface area contributed by atoms with Gasteiger partial charge in [-0.3, -0.25) is 20.0 Å². The molecule has 0 radical (unpaired) electrons. The summed E-state index contributed by atoms with van der Waals surface area (Å²) in [6.07, 6.45) is 1.89. The summed E-state index contributed by atoms with van der Waals surface area (Å²) in [5.41, 5.74) is 18.7. The number of carbonyl (C=O) groups excluding carboxylic acids is 2. The van der Waals surface area contributed by atoms with Crippen molar-refractivity contribution in [3.8, 4) is 5.75 Å². The van der Waals surface area contributed by atoms with Gasteiger partial charge < -0.3 is 21.9 Å². The van der Waals surface area contributed by atoms with Crippen LogP contribution >= 0.6 is 0 Å². The lowest BCUT2D eigenvalue weighted by Gasteiger charge is -2.13. The number of hydrogen-bond donors (Lipinski definition) is 4. The first-order chi connectivity index (χ1) is 11.8. The fraction of sp³-hybridized carbons (Fsp3) is 0.176. The van der Waals surface area contributed by atoms with Gasteiger partial charge in [0, 0.05) is 23.7 Å². The van der Waals surface area contributed by atoms with Crippen molar-refractivity contribution in [1.29, 1.82) is 5.41 Å². The van der Waals surface area contributed by atoms with Gasteiger partial charge in [-0.15, -0.1) is 0 Å². The van der Waals surface area contributed by atoms with Crippen molar-refractivity contribution in [2.24, 2.45) is 17.2 Å². The molecule has 8 heteroatoms. The molecule has 0 fully saturated rings. The largest absolute Gasteiger partial charge is 0.483 e. The normalized spacial score (nSPS) is 10.3. The third kappa shape index (κ3) is 4.54. The van der Waals surface area contributed by atoms with Gasteiger partial charge in [-0.25, -0.2) is 0 Å². The summed E-state index contributed by atoms with van der Waals surface area (Å²) in [5, 5.41) is 7.51. The minimum atomic E-state index is -0.634. The van der Waals surface area contributed by atoms with Gasteiger partial charge in [0.15, 0.2) is 6.61 Å². The van der Waals surface area contributed by atoms with Crippen molar-refractivity contribution < 1.29 is 14.3 Å². The number of nitrogen functional groups attached to an aromatic ring is 1. The molecule has 0 aliphatic carbocycles. The third-order valence-electron chi connectivity index (χ3n) is 3.48. The molecule has 25 heavy (non-hydrogen) atoms. The van der Waals surface area contributed by atoms with Crippen LogP contribution in [0.15, 0.2) is 30.5 Å². The van der Waals surface area contributed by atoms with Crippen LogP contribution in [0.25, 0.3) is 0 Å². The number of nitrogens with one attached hydrogen (secondary N) is 1. The van der Waals surface area contributed by atoms with E-state index in [1.54, 1.807) is 30.5 Å². The number of carbonyl (C=O) groups is 2. The second-order valence-corrected chi connectivity index (χ2v) is 5.54. The van der Waals surface area contributed by atoms with Gasteiger partial charge in [-0.2, -0.15) is 0 Å². The zero-order chi connectivity index (χ0) is 18.6. The number of ether oxygens (including phenoxy) is 1. The van der Waals surface area contributed by atoms with Crippen LogP contribution in [-0.4, -0.2) is 29.2 Å². The van der Waals surface area contributed by atoms with E-state index in [0.717, 1.165) is 5.56 Å². The smallest absolute Gasteiger partial charge is 0.255 e. The van der Waals surface area contributed by atoms with E-state index >= 15 is 0 Å². The highest BCUT2D eigenvalue weighted by Gasteiger charge is 2.15. The third-order valence-corrected chi connectivity index (χ3v) is 3.48. The predicted molar refractivity (Wildman–Crippen MR) is 92.4 cm³/mol. The molecule has 0 spiro atoms. The van der Waals surface area contributed by atoms with Crippen LogP contribution in [0, 0.1) is 12.3 Å². The lowest BCUT2D eigenvalue weighted by molar-refractivity contribution is -0.119. The van der Waals surface area contributed by atoms with E-state index in [0.29, 0.717) is 28.1 Å². The van der Waals surface area contributed by atoms with Crippen LogP contribution in [0.3, 0.4) is 0 Å². The fourth-order valence-electron chi connectivity index (χ4n) is 2.28. The summed E-state index contributed by atoms with van der Waals surface area (Å²) in [6.45, 7) is 1.49. The monoisotopic (exact) mass is 341 g/mol. The first kappa shape index (κ1) is 17.9. The SMILES string of the molecule is Cc1cnc(Cc2ccc(C(=N)N)cc2OCC(N)=O)c(C(N)=O)c1. The number of amidine groups is 1. The number of pyridine rings is 1. The topological polar surface area (TPSA) is 158 Å². The standard InChI is InChI=1S/C17H19N5O3/c1-9-4-12(17(21)24)13(22-7-9)5-10-2-3-11(16(19)20)6-14(10)25-8-15(18)23/h2-4,6-7H,5,8H2,1H3,(H2,18,23)(H3,19,20)(H2,21,24). The second kappa shape index (κ2) is 7.43. The molecule has 7 N–H and O–H groups in total. The Morgan fingerprint density at radius 3 is 2.52 bits per heavy atom. The Kier molecular flexibility index (Phi) is 5.33. The van der Waals surface area contributed by atoms with Gasteiger partial charge in [0.05, 0.1) is 11.3 Å². The molecule has 0 aliphatic rings. The molecular weight excluding hydrogens is 322 g/mol. The van der Waals surface area contributed by atoms with E-state index in [1.807, 2.05) is 6.92 Å². The van der Waals surface area contributed by atoms with Crippen LogP contribution in [-0.2, 0) is 11.2 Å². The van der Waals surface area contributed by atoms with Crippen molar-refractivity contribution in [2.75, 3.05) is 6.61 Å². The zero-order valence-electron chi connectivity index (χ0n) is 13.7. The molecule has 1 aromatic carbocycles. The van der Waals surface area contributed by atoms with E-state index < -0.39 is 11.8 Å². The van der Waals surface area contributed by atoms with Gasteiger partial charge in [0.2, 0.25) is 0 Å². The minimum absolute atomic E-state index is 0.137. The zero-order valence-corrected chi connectivity index (χ0v) is 13.7. The molecule has 0 saturated carbocycles. The van der Waals surface area contributed by atoms with Gasteiger partial charge >= 0.3 is 0 Å². The Bertz CT molecular complexity index is 848. The lowest BCUT2D eigenvalue weighted by atomic mass is 10.0. The van der Waals surface area contributed by atoms with E-state index in [9.17, 15) is 9.59 Å². The number of rotatable bonds is 7. The predicted octanol–water partition coefficient (Wildman–Crippen LogP) is 0.228. The van der Waals surface area contributed by atoms with E-state index in [2.05, 4.69) is 4.98 Å². The Balaban J connectivity index is 2.43. The number of aryl methyl sites for hydroxylation is 1. The number of aromatic nitrogens is 1. The maximum Gasteiger partial charge on any atom is 0.255 e. The molecule has 0 atom stereocenters. The molecule has 1 heterocycles. The first-order valence-electron chi connectivity index (χ1n) is 7.41. The molecule has 8 nitrogen and oxygen atoms in total. The average Bonchev–Trinajstić information content (AvgIpc) is 2.54. The summed E-state index contributed by atoms with van der Waals surface area (Å²) < 4.78 is 5.41. The highest BCUT2D eigenvalue weighted by atomic mass is 16.5. The van der Waals surface area contributed by atoms with E-state index in [-0.39, 0.29) is 18.9 Å². The van der Waals surface area contributed by atoms with Crippen LogP contribution < -0.4 is 21.9 Å². The molecule has 2 aromatic rings. The lowest BCUT2D eigenvalue weighted by Crippen LogP contribution is -2.21. The number of hydrogen-bond acceptors (Lipinski definition) is 5. The van der Waals surface area contributed by atoms with Crippen molar-refractivity contribution >= 4 is 17.6 Å². The molecule has 0 saturated heterocycles. The molecule has 0 unspecified atom stereocenters. The second-order valence-electron chi connectivity index (χ2n) is 5.54. The molecular formula is C17H19N5O3. The Hall–Kier alpha value is -3.42. The average molecular weight is 341 g/mol. The molecule has 1 aromatic heterocycles. The van der Waals surface area contributed by atoms with Gasteiger partial charge in [-0.1, -0.05) is 12.1 Å². The van der Waals surface area contributed by atoms with Crippen molar-refractivity contribution in [2.45, 2.75) is 13.3 Å². The summed E-state index contributed by atoms with van der Waals surface area (Å²) in [7, 11) is 0. The van der Waals surface area contributed by atoms with Crippen molar-refractivity contribution in [3.05, 3.63) is 58.4 Å². The summed E-state index contributed by atoms with van der Waals surface area (Å²) >= 11 is 0. The summed E-state index contributed by atoms with van der Waals surface area (Å²) in [5.74, 6) is -1.01. The Morgan fingerprint density at radius 1 is 1.20 bits per heavy atom. The Morgan fingerprint density at radius 2 is 1.92 bits per heavy atom. The summed E-state index contributed by atoms with van der Waals surface area (Å²) in [6, 6.07) is 6.55. The van der Waals surface area contributed by atoms with Crippen molar-refractivity contribution in [3.63, 3.8) is 0 Å². The highest BCUT2D eigenvalue weighted by molar-refractivity contribution is 5.95. The van der Waals surface area contributed by atoms with Gasteiger partial charge in [0.1, 0.15) is 11.6 Å². The number of benzene rings is 1. The summed E-state index contributed by atoms with van der Waals surface area (Å²) in [4.78, 5) is 26.9. The highest BCUT2D eigenvalue weighted by Crippen LogP contribution is 2.24. The maximum absolute atomic E-state index is 11.7. The van der Waals surface area contributed by atoms with Gasteiger partial charge in [-0.05, 0) is 24.6 Å². The van der Waals surface area contributed by atoms with Crippen molar-refractivity contribution in [1.82, 2.24) is 4.98 Å². The van der Waals surface area contributed by atoms with E-state index in [4.69, 9.17) is 27.3 Å². The molecule has 0 bridgehead atoms. The number of nitrogens with zero attached hydrogens (tertiary/aromatic N) is 1. The van der Waals surface area contributed by atoms with Gasteiger partial charge in [0.25, 0.3) is 11.8 Å². The van der Waals surface area contributed by atoms with Crippen LogP contribution in [0.4, 0.5) is 0 Å². The molecule has 130 valence electrons. The first-order valence-corrected chi connectivity index (χ1v) is 7.41. The quantitative estimate of drug-likeness (QED) is 0.418. The number of nitrogens with two attached hydrogens (primary N) is 3. The van der Waals surface area contributed by atoms with E-state index in [1.165, 1.54) is 0 Å². The molecule has 2 amide bonds. The molecule has 2 rings (SSSR count). The molecule has 0 aliphatic heterocycles. The number of primary amides is 2. The maximum atomic E-state index is 11.7. The minimum Gasteiger partial charge on any atom is -0.483 e. The van der Waals surface area contributed by atoms with Crippen LogP contribution in [0.5, 0.6) is 5.75 Å². The number of amides is 2. The Labute approximate surface area is 144 Å².